The summed E-state index contributed by atoms with van der Waals surface area (Å²) >= 11 is 5.67. The van der Waals surface area contributed by atoms with Crippen molar-refractivity contribution in [2.45, 2.75) is 33.6 Å². The van der Waals surface area contributed by atoms with Crippen molar-refractivity contribution in [2.24, 2.45) is 11.3 Å². The molecule has 1 rings (SSSR count). The van der Waals surface area contributed by atoms with Gasteiger partial charge in [0.05, 0.1) is 0 Å². The Morgan fingerprint density at radius 3 is 2.20 bits per heavy atom. The Labute approximate surface area is 95.8 Å². The van der Waals surface area contributed by atoms with Crippen LogP contribution in [0.2, 0.25) is 0 Å². The summed E-state index contributed by atoms with van der Waals surface area (Å²) in [5, 5.41) is 0. The van der Waals surface area contributed by atoms with Crippen molar-refractivity contribution in [3.63, 3.8) is 0 Å². The molecule has 1 aliphatic rings. The van der Waals surface area contributed by atoms with E-state index in [4.69, 9.17) is 11.6 Å². The van der Waals surface area contributed by atoms with E-state index in [0.29, 0.717) is 25.3 Å². The summed E-state index contributed by atoms with van der Waals surface area (Å²) < 4.78 is 0. The van der Waals surface area contributed by atoms with Gasteiger partial charge in [-0.25, -0.2) is 0 Å². The molecule has 1 heterocycles. The lowest BCUT2D eigenvalue weighted by molar-refractivity contribution is -0.153. The first kappa shape index (κ1) is 12.5. The van der Waals surface area contributed by atoms with Crippen LogP contribution in [-0.4, -0.2) is 29.1 Å². The second-order valence-electron chi connectivity index (χ2n) is 5.18. The van der Waals surface area contributed by atoms with E-state index in [0.717, 1.165) is 0 Å². The highest BCUT2D eigenvalue weighted by atomic mass is 35.5. The summed E-state index contributed by atoms with van der Waals surface area (Å²) in [5.41, 5.74) is -0.186. The molecular weight excluding hydrogens is 214 g/mol. The molecule has 0 radical (unpaired) electrons. The molecule has 1 atom stereocenters. The summed E-state index contributed by atoms with van der Waals surface area (Å²) in [7, 11) is 0. The number of hydrogen-bond donors (Lipinski definition) is 0. The van der Waals surface area contributed by atoms with Gasteiger partial charge in [0.2, 0.25) is 11.8 Å². The highest BCUT2D eigenvalue weighted by Gasteiger charge is 2.37. The molecule has 86 valence electrons. The molecule has 0 N–H and O–H groups in total. The third-order valence-electron chi connectivity index (χ3n) is 2.62. The number of carbonyl (C=O) groups is 2. The Balaban J connectivity index is 2.67. The number of carbonyl (C=O) groups excluding carboxylic acids is 2. The standard InChI is InChI=1S/C11H18ClNO2/c1-8(6-12)7-13-9(14)4-11(2,3)5-10(13)15/h8H,4-7H2,1-3H3. The molecule has 0 aromatic carbocycles. The van der Waals surface area contributed by atoms with Gasteiger partial charge in [-0.2, -0.15) is 0 Å². The van der Waals surface area contributed by atoms with Crippen LogP contribution in [0.5, 0.6) is 0 Å². The van der Waals surface area contributed by atoms with Gasteiger partial charge < -0.3 is 0 Å². The summed E-state index contributed by atoms with van der Waals surface area (Å²) in [5.74, 6) is 0.516. The predicted octanol–water partition coefficient (Wildman–Crippen LogP) is 2.04. The number of alkyl halides is 1. The van der Waals surface area contributed by atoms with Crippen LogP contribution in [0.1, 0.15) is 33.6 Å². The zero-order valence-electron chi connectivity index (χ0n) is 9.55. The number of piperidine rings is 1. The number of amides is 2. The first-order valence-corrected chi connectivity index (χ1v) is 5.78. The van der Waals surface area contributed by atoms with Crippen LogP contribution in [0.15, 0.2) is 0 Å². The molecule has 1 saturated heterocycles. The van der Waals surface area contributed by atoms with Crippen molar-refractivity contribution in [3.8, 4) is 0 Å². The number of imide groups is 1. The van der Waals surface area contributed by atoms with Gasteiger partial charge in [-0.05, 0) is 11.3 Å². The first-order chi connectivity index (χ1) is 6.85. The van der Waals surface area contributed by atoms with Crippen molar-refractivity contribution >= 4 is 23.4 Å². The second kappa shape index (κ2) is 4.52. The fourth-order valence-electron chi connectivity index (χ4n) is 1.78. The van der Waals surface area contributed by atoms with Crippen LogP contribution >= 0.6 is 11.6 Å². The molecule has 2 amide bonds. The molecule has 0 bridgehead atoms. The van der Waals surface area contributed by atoms with E-state index in [1.807, 2.05) is 20.8 Å². The van der Waals surface area contributed by atoms with Crippen LogP contribution in [0.3, 0.4) is 0 Å². The molecule has 1 unspecified atom stereocenters. The van der Waals surface area contributed by atoms with Crippen molar-refractivity contribution in [1.29, 1.82) is 0 Å². The molecule has 1 fully saturated rings. The fraction of sp³-hybridized carbons (Fsp3) is 0.818. The second-order valence-corrected chi connectivity index (χ2v) is 5.48. The molecule has 0 aromatic rings. The molecule has 1 aliphatic heterocycles. The van der Waals surface area contributed by atoms with Gasteiger partial charge in [0.25, 0.3) is 0 Å². The van der Waals surface area contributed by atoms with E-state index in [9.17, 15) is 9.59 Å². The van der Waals surface area contributed by atoms with Crippen LogP contribution in [0.4, 0.5) is 0 Å². The van der Waals surface area contributed by atoms with E-state index in [1.54, 1.807) is 0 Å². The Kier molecular flexibility index (Phi) is 3.77. The van der Waals surface area contributed by atoms with Gasteiger partial charge in [-0.3, -0.25) is 14.5 Å². The summed E-state index contributed by atoms with van der Waals surface area (Å²) in [6.07, 6.45) is 0.904. The Morgan fingerprint density at radius 2 is 1.80 bits per heavy atom. The molecule has 0 spiro atoms. The minimum atomic E-state index is -0.186. The Bertz CT molecular complexity index is 256. The lowest BCUT2D eigenvalue weighted by Gasteiger charge is -2.35. The minimum absolute atomic E-state index is 0.0618. The minimum Gasteiger partial charge on any atom is -0.282 e. The maximum atomic E-state index is 11.7. The van der Waals surface area contributed by atoms with E-state index < -0.39 is 0 Å². The van der Waals surface area contributed by atoms with Crippen LogP contribution < -0.4 is 0 Å². The zero-order valence-corrected chi connectivity index (χ0v) is 10.3. The average molecular weight is 232 g/mol. The molecule has 15 heavy (non-hydrogen) atoms. The molecule has 3 nitrogen and oxygen atoms in total. The number of hydrogen-bond acceptors (Lipinski definition) is 2. The third kappa shape index (κ3) is 3.20. The van der Waals surface area contributed by atoms with Crippen LogP contribution in [0.25, 0.3) is 0 Å². The van der Waals surface area contributed by atoms with Crippen molar-refractivity contribution in [3.05, 3.63) is 0 Å². The molecule has 0 aliphatic carbocycles. The maximum absolute atomic E-state index is 11.7. The highest BCUT2D eigenvalue weighted by molar-refractivity contribution is 6.18. The van der Waals surface area contributed by atoms with Crippen molar-refractivity contribution in [1.82, 2.24) is 4.90 Å². The maximum Gasteiger partial charge on any atom is 0.229 e. The monoisotopic (exact) mass is 231 g/mol. The van der Waals surface area contributed by atoms with Gasteiger partial charge in [0.1, 0.15) is 0 Å². The Hall–Kier alpha value is -0.570. The lowest BCUT2D eigenvalue weighted by atomic mass is 9.81. The molecule has 0 aromatic heterocycles. The third-order valence-corrected chi connectivity index (χ3v) is 3.15. The summed E-state index contributed by atoms with van der Waals surface area (Å²) in [6.45, 7) is 6.29. The topological polar surface area (TPSA) is 37.4 Å². The highest BCUT2D eigenvalue weighted by Crippen LogP contribution is 2.31. The fourth-order valence-corrected chi connectivity index (χ4v) is 1.87. The van der Waals surface area contributed by atoms with Crippen LogP contribution in [0, 0.1) is 11.3 Å². The summed E-state index contributed by atoms with van der Waals surface area (Å²) in [4.78, 5) is 24.8. The quantitative estimate of drug-likeness (QED) is 0.551. The number of nitrogens with zero attached hydrogens (tertiary/aromatic N) is 1. The van der Waals surface area contributed by atoms with Crippen molar-refractivity contribution < 1.29 is 9.59 Å². The normalized spacial score (nSPS) is 23.1. The largest absolute Gasteiger partial charge is 0.282 e. The number of rotatable bonds is 3. The van der Waals surface area contributed by atoms with Crippen molar-refractivity contribution in [2.75, 3.05) is 12.4 Å². The summed E-state index contributed by atoms with van der Waals surface area (Å²) in [6, 6.07) is 0. The van der Waals surface area contributed by atoms with Gasteiger partial charge >= 0.3 is 0 Å². The number of likely N-dealkylation sites (tertiary alicyclic amines) is 1. The molecular formula is C11H18ClNO2. The molecule has 4 heteroatoms. The van der Waals surface area contributed by atoms with Gasteiger partial charge in [-0.1, -0.05) is 20.8 Å². The van der Waals surface area contributed by atoms with E-state index in [2.05, 4.69) is 0 Å². The zero-order chi connectivity index (χ0) is 11.6. The van der Waals surface area contributed by atoms with Gasteiger partial charge in [0, 0.05) is 25.3 Å². The van der Waals surface area contributed by atoms with E-state index >= 15 is 0 Å². The van der Waals surface area contributed by atoms with E-state index in [-0.39, 0.29) is 23.1 Å². The smallest absolute Gasteiger partial charge is 0.229 e. The van der Waals surface area contributed by atoms with Gasteiger partial charge in [-0.15, -0.1) is 11.6 Å². The first-order valence-electron chi connectivity index (χ1n) is 5.25. The average Bonchev–Trinajstić information content (AvgIpc) is 2.09. The predicted molar refractivity (Wildman–Crippen MR) is 59.6 cm³/mol. The van der Waals surface area contributed by atoms with Crippen LogP contribution in [-0.2, 0) is 9.59 Å². The van der Waals surface area contributed by atoms with E-state index in [1.165, 1.54) is 4.90 Å². The van der Waals surface area contributed by atoms with Gasteiger partial charge in [0.15, 0.2) is 0 Å². The Morgan fingerprint density at radius 1 is 1.33 bits per heavy atom. The lowest BCUT2D eigenvalue weighted by Crippen LogP contribution is -2.47. The number of halogens is 1. The molecule has 0 saturated carbocycles. The SMILES string of the molecule is CC(CCl)CN1C(=O)CC(C)(C)CC1=O.